The molecule has 0 aliphatic rings. The summed E-state index contributed by atoms with van der Waals surface area (Å²) in [6.45, 7) is 5.25. The lowest BCUT2D eigenvalue weighted by Crippen LogP contribution is -2.45. The fourth-order valence-electron chi connectivity index (χ4n) is 3.06. The maximum Gasteiger partial charge on any atom is 0.329 e. The van der Waals surface area contributed by atoms with Crippen LogP contribution in [-0.2, 0) is 9.53 Å². The molecule has 0 bridgehead atoms. The first-order chi connectivity index (χ1) is 15.8. The van der Waals surface area contributed by atoms with Gasteiger partial charge >= 0.3 is 5.97 Å². The predicted molar refractivity (Wildman–Crippen MR) is 120 cm³/mol. The van der Waals surface area contributed by atoms with E-state index in [4.69, 9.17) is 18.6 Å². The van der Waals surface area contributed by atoms with E-state index >= 15 is 0 Å². The summed E-state index contributed by atoms with van der Waals surface area (Å²) in [7, 11) is 2.99. The molecule has 0 saturated carbocycles. The van der Waals surface area contributed by atoms with E-state index in [0.717, 1.165) is 5.56 Å². The summed E-state index contributed by atoms with van der Waals surface area (Å²) in [6.07, 6.45) is -0.794. The lowest BCUT2D eigenvalue weighted by molar-refractivity contribution is -0.153. The number of hydrogen-bond donors (Lipinski definition) is 1. The summed E-state index contributed by atoms with van der Waals surface area (Å²) >= 11 is 0. The van der Waals surface area contributed by atoms with Crippen LogP contribution in [-0.4, -0.2) is 42.3 Å². The fraction of sp³-hybridized carbons (Fsp3) is 0.333. The Morgan fingerprint density at radius 1 is 0.939 bits per heavy atom. The number of ether oxygens (including phenoxy) is 3. The number of carbonyl (C=O) groups is 2. The maximum absolute atomic E-state index is 12.9. The topological polar surface area (TPSA) is 113 Å². The number of aromatic nitrogens is 2. The first kappa shape index (κ1) is 23.8. The number of hydrogen-bond acceptors (Lipinski definition) is 8. The third-order valence-corrected chi connectivity index (χ3v) is 4.92. The predicted octanol–water partition coefficient (Wildman–Crippen LogP) is 3.81. The Morgan fingerprint density at radius 2 is 1.58 bits per heavy atom. The van der Waals surface area contributed by atoms with Crippen molar-refractivity contribution in [3.8, 4) is 23.0 Å². The van der Waals surface area contributed by atoms with Gasteiger partial charge in [0.05, 0.1) is 14.2 Å². The molecule has 0 spiro atoms. The summed E-state index contributed by atoms with van der Waals surface area (Å²) in [5.74, 6) is 0.108. The van der Waals surface area contributed by atoms with E-state index in [1.54, 1.807) is 25.1 Å². The molecule has 1 aromatic heterocycles. The van der Waals surface area contributed by atoms with Crippen LogP contribution in [0, 0.1) is 5.92 Å². The van der Waals surface area contributed by atoms with Crippen LogP contribution in [0.3, 0.4) is 0 Å². The maximum atomic E-state index is 12.9. The van der Waals surface area contributed by atoms with Gasteiger partial charge in [0, 0.05) is 17.2 Å². The lowest BCUT2D eigenvalue weighted by Gasteiger charge is -2.22. The molecule has 0 fully saturated rings. The minimum atomic E-state index is -0.895. The van der Waals surface area contributed by atoms with E-state index in [1.165, 1.54) is 14.2 Å². The van der Waals surface area contributed by atoms with Gasteiger partial charge in [-0.05, 0) is 37.1 Å². The molecule has 1 amide bonds. The Bertz CT molecular complexity index is 1070. The van der Waals surface area contributed by atoms with Crippen LogP contribution in [0.1, 0.15) is 43.1 Å². The monoisotopic (exact) mass is 453 g/mol. The van der Waals surface area contributed by atoms with E-state index < -0.39 is 24.0 Å². The highest BCUT2D eigenvalue weighted by Crippen LogP contribution is 2.24. The van der Waals surface area contributed by atoms with Gasteiger partial charge in [-0.15, -0.1) is 10.2 Å². The number of esters is 1. The molecule has 0 radical (unpaired) electrons. The van der Waals surface area contributed by atoms with E-state index in [0.29, 0.717) is 23.0 Å². The van der Waals surface area contributed by atoms with Gasteiger partial charge in [-0.2, -0.15) is 0 Å². The highest BCUT2D eigenvalue weighted by molar-refractivity contribution is 5.97. The van der Waals surface area contributed by atoms with Crippen molar-refractivity contribution in [2.24, 2.45) is 5.92 Å². The SMILES string of the molecule is COc1cc(OC)cc(C(=O)NC(C(=O)OC(C)c2nnc(-c3ccccc3)o2)C(C)C)c1. The van der Waals surface area contributed by atoms with Gasteiger partial charge in [0.2, 0.25) is 5.89 Å². The number of amides is 1. The quantitative estimate of drug-likeness (QED) is 0.487. The van der Waals surface area contributed by atoms with Gasteiger partial charge in [-0.1, -0.05) is 32.0 Å². The largest absolute Gasteiger partial charge is 0.497 e. The molecule has 3 rings (SSSR count). The molecule has 1 N–H and O–H groups in total. The minimum Gasteiger partial charge on any atom is -0.497 e. The van der Waals surface area contributed by atoms with E-state index in [-0.39, 0.29) is 11.8 Å². The smallest absolute Gasteiger partial charge is 0.329 e. The summed E-state index contributed by atoms with van der Waals surface area (Å²) in [4.78, 5) is 25.7. The number of nitrogens with zero attached hydrogens (tertiary/aromatic N) is 2. The molecular formula is C24H27N3O6. The second-order valence-corrected chi connectivity index (χ2v) is 7.69. The molecular weight excluding hydrogens is 426 g/mol. The molecule has 2 atom stereocenters. The van der Waals surface area contributed by atoms with Crippen LogP contribution in [0.15, 0.2) is 52.9 Å². The Balaban J connectivity index is 1.70. The van der Waals surface area contributed by atoms with Crippen molar-refractivity contribution >= 4 is 11.9 Å². The van der Waals surface area contributed by atoms with Crippen LogP contribution in [0.25, 0.3) is 11.5 Å². The van der Waals surface area contributed by atoms with Crippen LogP contribution >= 0.6 is 0 Å². The number of benzene rings is 2. The molecule has 1 heterocycles. The average molecular weight is 453 g/mol. The highest BCUT2D eigenvalue weighted by Gasteiger charge is 2.29. The molecule has 9 nitrogen and oxygen atoms in total. The number of rotatable bonds is 9. The van der Waals surface area contributed by atoms with Crippen molar-refractivity contribution in [3.05, 3.63) is 60.0 Å². The lowest BCUT2D eigenvalue weighted by atomic mass is 10.0. The van der Waals surface area contributed by atoms with Crippen LogP contribution < -0.4 is 14.8 Å². The highest BCUT2D eigenvalue weighted by atomic mass is 16.6. The van der Waals surface area contributed by atoms with Crippen molar-refractivity contribution < 1.29 is 28.2 Å². The van der Waals surface area contributed by atoms with Gasteiger partial charge in [-0.25, -0.2) is 4.79 Å². The molecule has 33 heavy (non-hydrogen) atoms. The molecule has 174 valence electrons. The van der Waals surface area contributed by atoms with E-state index in [2.05, 4.69) is 15.5 Å². The van der Waals surface area contributed by atoms with Gasteiger partial charge in [-0.3, -0.25) is 4.79 Å². The van der Waals surface area contributed by atoms with Crippen molar-refractivity contribution in [2.75, 3.05) is 14.2 Å². The number of carbonyl (C=O) groups excluding carboxylic acids is 2. The van der Waals surface area contributed by atoms with Gasteiger partial charge in [0.15, 0.2) is 6.10 Å². The van der Waals surface area contributed by atoms with E-state index in [9.17, 15) is 9.59 Å². The molecule has 3 aromatic rings. The molecule has 2 unspecified atom stereocenters. The second kappa shape index (κ2) is 10.6. The summed E-state index contributed by atoms with van der Waals surface area (Å²) in [6, 6.07) is 13.2. The normalized spacial score (nSPS) is 12.7. The molecule has 0 aliphatic carbocycles. The fourth-order valence-corrected chi connectivity index (χ4v) is 3.06. The van der Waals surface area contributed by atoms with Crippen LogP contribution in [0.4, 0.5) is 0 Å². The van der Waals surface area contributed by atoms with Crippen molar-refractivity contribution in [1.29, 1.82) is 0 Å². The first-order valence-corrected chi connectivity index (χ1v) is 10.5. The average Bonchev–Trinajstić information content (AvgIpc) is 3.32. The van der Waals surface area contributed by atoms with Crippen molar-refractivity contribution in [2.45, 2.75) is 32.9 Å². The Morgan fingerprint density at radius 3 is 2.15 bits per heavy atom. The standard InChI is InChI=1S/C24H27N3O6/c1-14(2)20(25-21(28)17-11-18(30-4)13-19(12-17)31-5)24(29)32-15(3)22-26-27-23(33-22)16-9-7-6-8-10-16/h6-15,20H,1-5H3,(H,25,28). The van der Waals surface area contributed by atoms with Gasteiger partial charge < -0.3 is 23.9 Å². The Labute approximate surface area is 192 Å². The van der Waals surface area contributed by atoms with Crippen molar-refractivity contribution in [3.63, 3.8) is 0 Å². The Hall–Kier alpha value is -3.88. The summed E-state index contributed by atoms with van der Waals surface area (Å²) < 4.78 is 21.6. The third-order valence-electron chi connectivity index (χ3n) is 4.92. The van der Waals surface area contributed by atoms with E-state index in [1.807, 2.05) is 44.2 Å². The first-order valence-electron chi connectivity index (χ1n) is 10.5. The Kier molecular flexibility index (Phi) is 7.66. The zero-order valence-electron chi connectivity index (χ0n) is 19.2. The second-order valence-electron chi connectivity index (χ2n) is 7.69. The van der Waals surface area contributed by atoms with Gasteiger partial charge in [0.25, 0.3) is 11.8 Å². The number of nitrogens with one attached hydrogen (secondary N) is 1. The molecule has 0 aliphatic heterocycles. The van der Waals surface area contributed by atoms with Crippen LogP contribution in [0.5, 0.6) is 11.5 Å². The summed E-state index contributed by atoms with van der Waals surface area (Å²) in [5, 5.41) is 10.7. The molecule has 9 heteroatoms. The zero-order chi connectivity index (χ0) is 24.0. The minimum absolute atomic E-state index is 0.161. The van der Waals surface area contributed by atoms with Crippen molar-refractivity contribution in [1.82, 2.24) is 15.5 Å². The number of methoxy groups -OCH3 is 2. The van der Waals surface area contributed by atoms with Gasteiger partial charge in [0.1, 0.15) is 17.5 Å². The summed E-state index contributed by atoms with van der Waals surface area (Å²) in [5.41, 5.74) is 1.05. The molecule has 0 saturated heterocycles. The third kappa shape index (κ3) is 5.88. The van der Waals surface area contributed by atoms with Crippen LogP contribution in [0.2, 0.25) is 0 Å². The zero-order valence-corrected chi connectivity index (χ0v) is 19.2. The molecule has 2 aromatic carbocycles.